The number of aryl methyl sites for hydroxylation is 1. The third kappa shape index (κ3) is 3.28. The lowest BCUT2D eigenvalue weighted by molar-refractivity contribution is 0.233. The summed E-state index contributed by atoms with van der Waals surface area (Å²) < 4.78 is 12.4. The molecule has 2 N–H and O–H groups in total. The van der Waals surface area contributed by atoms with Crippen LogP contribution < -0.4 is 10.9 Å². The Hall–Kier alpha value is -1.79. The number of hydrogen-bond acceptors (Lipinski definition) is 4. The van der Waals surface area contributed by atoms with E-state index in [2.05, 4.69) is 20.2 Å². The number of piperazine rings is 1. The van der Waals surface area contributed by atoms with Crippen molar-refractivity contribution in [3.8, 4) is 0 Å². The second kappa shape index (κ2) is 6.32. The fraction of sp³-hybridized carbons (Fsp3) is 0.467. The lowest BCUT2D eigenvalue weighted by Crippen LogP contribution is -2.42. The average molecular weight is 290 g/mol. The van der Waals surface area contributed by atoms with Gasteiger partial charge in [-0.15, -0.1) is 0 Å². The summed E-state index contributed by atoms with van der Waals surface area (Å²) in [4.78, 5) is 21.2. The third-order valence-electron chi connectivity index (χ3n) is 3.77. The van der Waals surface area contributed by atoms with E-state index in [9.17, 15) is 9.18 Å². The van der Waals surface area contributed by atoms with Crippen molar-refractivity contribution < 1.29 is 4.39 Å². The zero-order valence-electron chi connectivity index (χ0n) is 11.9. The molecule has 3 rings (SSSR count). The van der Waals surface area contributed by atoms with E-state index in [1.54, 1.807) is 0 Å². The quantitative estimate of drug-likeness (QED) is 0.876. The zero-order chi connectivity index (χ0) is 14.7. The average Bonchev–Trinajstić information content (AvgIpc) is 2.49. The van der Waals surface area contributed by atoms with Crippen molar-refractivity contribution >= 4 is 11.0 Å². The summed E-state index contributed by atoms with van der Waals surface area (Å²) in [6.07, 6.45) is 0.0633. The van der Waals surface area contributed by atoms with Gasteiger partial charge in [-0.2, -0.15) is 0 Å². The topological polar surface area (TPSA) is 61.0 Å². The second-order valence-electron chi connectivity index (χ2n) is 5.33. The molecular formula is C15H19FN4O. The van der Waals surface area contributed by atoms with E-state index in [0.29, 0.717) is 5.52 Å². The van der Waals surface area contributed by atoms with Crippen LogP contribution in [0.5, 0.6) is 0 Å². The second-order valence-corrected chi connectivity index (χ2v) is 5.33. The molecule has 0 saturated carbocycles. The highest BCUT2D eigenvalue weighted by molar-refractivity contribution is 5.74. The van der Waals surface area contributed by atoms with Crippen LogP contribution in [0.15, 0.2) is 23.0 Å². The van der Waals surface area contributed by atoms with E-state index >= 15 is 0 Å². The molecular weight excluding hydrogens is 271 g/mol. The number of fused-ring (bicyclic) bond motifs is 1. The van der Waals surface area contributed by atoms with Crippen molar-refractivity contribution in [2.45, 2.75) is 13.0 Å². The SMILES string of the molecule is O=c1[nH]c2cc(CN3CCNCC3)ccc2nc1CCF. The van der Waals surface area contributed by atoms with Gasteiger partial charge in [0.25, 0.3) is 5.56 Å². The first-order valence-electron chi connectivity index (χ1n) is 7.27. The van der Waals surface area contributed by atoms with E-state index < -0.39 is 6.67 Å². The number of nitrogens with one attached hydrogen (secondary N) is 2. The van der Waals surface area contributed by atoms with Gasteiger partial charge in [-0.05, 0) is 17.7 Å². The first-order chi connectivity index (χ1) is 10.3. The normalized spacial score (nSPS) is 16.4. The van der Waals surface area contributed by atoms with Crippen molar-refractivity contribution in [2.75, 3.05) is 32.9 Å². The Balaban J connectivity index is 1.85. The number of halogens is 1. The van der Waals surface area contributed by atoms with Crippen molar-refractivity contribution in [3.63, 3.8) is 0 Å². The Morgan fingerprint density at radius 3 is 2.86 bits per heavy atom. The van der Waals surface area contributed by atoms with Crippen LogP contribution in [0.25, 0.3) is 11.0 Å². The first-order valence-corrected chi connectivity index (χ1v) is 7.27. The largest absolute Gasteiger partial charge is 0.319 e. The lowest BCUT2D eigenvalue weighted by atomic mass is 10.1. The standard InChI is InChI=1S/C15H19FN4O/c16-4-3-13-15(21)19-14-9-11(1-2-12(14)18-13)10-20-7-5-17-6-8-20/h1-2,9,17H,3-8,10H2,(H,19,21). The summed E-state index contributed by atoms with van der Waals surface area (Å²) in [6, 6.07) is 5.88. The fourth-order valence-electron chi connectivity index (χ4n) is 2.66. The van der Waals surface area contributed by atoms with Crippen LogP contribution in [0, 0.1) is 0 Å². The Labute approximate surface area is 122 Å². The molecule has 0 bridgehead atoms. The molecule has 1 fully saturated rings. The van der Waals surface area contributed by atoms with Gasteiger partial charge in [0.2, 0.25) is 0 Å². The summed E-state index contributed by atoms with van der Waals surface area (Å²) in [7, 11) is 0. The minimum absolute atomic E-state index is 0.0633. The molecule has 6 heteroatoms. The van der Waals surface area contributed by atoms with Gasteiger partial charge in [-0.1, -0.05) is 6.07 Å². The minimum Gasteiger partial charge on any atom is -0.319 e. The van der Waals surface area contributed by atoms with Gasteiger partial charge >= 0.3 is 0 Å². The molecule has 0 aliphatic carbocycles. The van der Waals surface area contributed by atoms with Gasteiger partial charge in [0.1, 0.15) is 5.69 Å². The highest BCUT2D eigenvalue weighted by Gasteiger charge is 2.11. The Morgan fingerprint density at radius 1 is 1.29 bits per heavy atom. The van der Waals surface area contributed by atoms with E-state index in [1.165, 1.54) is 0 Å². The van der Waals surface area contributed by atoms with E-state index in [1.807, 2.05) is 18.2 Å². The number of H-pyrrole nitrogens is 1. The van der Waals surface area contributed by atoms with E-state index in [4.69, 9.17) is 0 Å². The molecule has 0 unspecified atom stereocenters. The van der Waals surface area contributed by atoms with Gasteiger partial charge < -0.3 is 10.3 Å². The van der Waals surface area contributed by atoms with Crippen LogP contribution >= 0.6 is 0 Å². The Morgan fingerprint density at radius 2 is 2.10 bits per heavy atom. The summed E-state index contributed by atoms with van der Waals surface area (Å²) in [6.45, 7) is 4.39. The van der Waals surface area contributed by atoms with E-state index in [-0.39, 0.29) is 17.7 Å². The summed E-state index contributed by atoms with van der Waals surface area (Å²) in [5.41, 5.74) is 2.55. The molecule has 0 atom stereocenters. The lowest BCUT2D eigenvalue weighted by Gasteiger charge is -2.27. The molecule has 5 nitrogen and oxygen atoms in total. The summed E-state index contributed by atoms with van der Waals surface area (Å²) in [5, 5.41) is 3.33. The number of aromatic nitrogens is 2. The van der Waals surface area contributed by atoms with Crippen molar-refractivity contribution in [1.82, 2.24) is 20.2 Å². The molecule has 2 heterocycles. The van der Waals surface area contributed by atoms with E-state index in [0.717, 1.165) is 43.8 Å². The highest BCUT2D eigenvalue weighted by atomic mass is 19.1. The predicted octanol–water partition coefficient (Wildman–Crippen LogP) is 0.840. The molecule has 1 aliphatic rings. The molecule has 0 spiro atoms. The summed E-state index contributed by atoms with van der Waals surface area (Å²) >= 11 is 0. The fourth-order valence-corrected chi connectivity index (χ4v) is 2.66. The molecule has 0 amide bonds. The predicted molar refractivity (Wildman–Crippen MR) is 80.2 cm³/mol. The third-order valence-corrected chi connectivity index (χ3v) is 3.77. The molecule has 2 aromatic rings. The van der Waals surface area contributed by atoms with Gasteiger partial charge in [0.15, 0.2) is 0 Å². The molecule has 1 saturated heterocycles. The monoisotopic (exact) mass is 290 g/mol. The number of rotatable bonds is 4. The number of benzene rings is 1. The van der Waals surface area contributed by atoms with Crippen LogP contribution in [0.1, 0.15) is 11.3 Å². The van der Waals surface area contributed by atoms with Gasteiger partial charge in [0.05, 0.1) is 17.7 Å². The maximum absolute atomic E-state index is 12.4. The van der Waals surface area contributed by atoms with Gasteiger partial charge in [0, 0.05) is 39.1 Å². The molecule has 1 aromatic carbocycles. The number of nitrogens with zero attached hydrogens (tertiary/aromatic N) is 2. The first kappa shape index (κ1) is 14.2. The molecule has 112 valence electrons. The number of aromatic amines is 1. The molecule has 21 heavy (non-hydrogen) atoms. The molecule has 0 radical (unpaired) electrons. The molecule has 1 aromatic heterocycles. The van der Waals surface area contributed by atoms with Gasteiger partial charge in [-0.3, -0.25) is 14.1 Å². The number of alkyl halides is 1. The maximum atomic E-state index is 12.4. The van der Waals surface area contributed by atoms with Crippen molar-refractivity contribution in [1.29, 1.82) is 0 Å². The van der Waals surface area contributed by atoms with Crippen LogP contribution in [-0.4, -0.2) is 47.7 Å². The van der Waals surface area contributed by atoms with Crippen LogP contribution in [0.2, 0.25) is 0 Å². The summed E-state index contributed by atoms with van der Waals surface area (Å²) in [5.74, 6) is 0. The van der Waals surface area contributed by atoms with Crippen LogP contribution in [0.4, 0.5) is 4.39 Å². The van der Waals surface area contributed by atoms with Crippen LogP contribution in [0.3, 0.4) is 0 Å². The molecule has 1 aliphatic heterocycles. The minimum atomic E-state index is -0.567. The van der Waals surface area contributed by atoms with Crippen LogP contribution in [-0.2, 0) is 13.0 Å². The van der Waals surface area contributed by atoms with Gasteiger partial charge in [-0.25, -0.2) is 4.98 Å². The Kier molecular flexibility index (Phi) is 4.26. The number of hydrogen-bond donors (Lipinski definition) is 2. The highest BCUT2D eigenvalue weighted by Crippen LogP contribution is 2.13. The van der Waals surface area contributed by atoms with Crippen molar-refractivity contribution in [2.24, 2.45) is 0 Å². The zero-order valence-corrected chi connectivity index (χ0v) is 11.9. The maximum Gasteiger partial charge on any atom is 0.270 e. The van der Waals surface area contributed by atoms with Crippen molar-refractivity contribution in [3.05, 3.63) is 39.8 Å². The smallest absolute Gasteiger partial charge is 0.270 e. The Bertz CT molecular complexity index is 679.